The van der Waals surface area contributed by atoms with Gasteiger partial charge in [0.2, 0.25) is 0 Å². The number of benzene rings is 2. The van der Waals surface area contributed by atoms with Crippen molar-refractivity contribution in [2.75, 3.05) is 5.32 Å². The molecule has 4 aromatic rings. The van der Waals surface area contributed by atoms with Gasteiger partial charge in [0.25, 0.3) is 5.91 Å². The lowest BCUT2D eigenvalue weighted by molar-refractivity contribution is 0.102. The van der Waals surface area contributed by atoms with Crippen molar-refractivity contribution in [2.24, 2.45) is 0 Å². The van der Waals surface area contributed by atoms with Crippen LogP contribution < -0.4 is 15.7 Å². The van der Waals surface area contributed by atoms with Crippen LogP contribution in [-0.4, -0.2) is 20.9 Å². The number of rotatable bonds is 4. The van der Waals surface area contributed by atoms with Gasteiger partial charge in [0.1, 0.15) is 11.3 Å². The summed E-state index contributed by atoms with van der Waals surface area (Å²) in [5, 5.41) is 2.83. The van der Waals surface area contributed by atoms with Crippen molar-refractivity contribution in [3.8, 4) is 11.5 Å². The Morgan fingerprint density at radius 1 is 0.962 bits per heavy atom. The number of hydrogen-bond acceptors (Lipinski definition) is 4. The van der Waals surface area contributed by atoms with Gasteiger partial charge in [-0.05, 0) is 36.4 Å². The summed E-state index contributed by atoms with van der Waals surface area (Å²) in [5.74, 6) is 0.867. The molecule has 4 rings (SSSR count). The van der Waals surface area contributed by atoms with Gasteiger partial charge < -0.3 is 15.0 Å². The van der Waals surface area contributed by atoms with Crippen LogP contribution in [0.15, 0.2) is 71.7 Å². The highest BCUT2D eigenvalue weighted by Crippen LogP contribution is 2.27. The maximum Gasteiger partial charge on any atom is 0.325 e. The number of carbonyl (C=O) groups is 1. The SMILES string of the molecule is O=C(Nc1ccc(Oc2ccnc3[nH]c(=O)[nH]c23)cc1)c1ccccc1. The molecule has 0 radical (unpaired) electrons. The molecule has 0 aliphatic heterocycles. The number of ether oxygens (including phenoxy) is 1. The first-order valence-corrected chi connectivity index (χ1v) is 7.90. The summed E-state index contributed by atoms with van der Waals surface area (Å²) in [6.45, 7) is 0. The molecular formula is C19H14N4O3. The lowest BCUT2D eigenvalue weighted by Crippen LogP contribution is -2.11. The van der Waals surface area contributed by atoms with Crippen LogP contribution in [-0.2, 0) is 0 Å². The molecule has 128 valence electrons. The molecule has 2 aromatic heterocycles. The van der Waals surface area contributed by atoms with Gasteiger partial charge in [-0.15, -0.1) is 0 Å². The van der Waals surface area contributed by atoms with E-state index in [-0.39, 0.29) is 11.6 Å². The second-order valence-corrected chi connectivity index (χ2v) is 5.56. The second-order valence-electron chi connectivity index (χ2n) is 5.56. The standard InChI is InChI=1S/C19H14N4O3/c24-18(12-4-2-1-3-5-12)21-13-6-8-14(9-7-13)26-15-10-11-20-17-16(15)22-19(25)23-17/h1-11H,(H,21,24)(H2,20,22,23,25). The maximum absolute atomic E-state index is 12.2. The Bertz CT molecular complexity index is 1110. The van der Waals surface area contributed by atoms with Crippen LogP contribution in [0.25, 0.3) is 11.2 Å². The van der Waals surface area contributed by atoms with E-state index in [1.165, 1.54) is 0 Å². The fraction of sp³-hybridized carbons (Fsp3) is 0. The first-order valence-electron chi connectivity index (χ1n) is 7.90. The first kappa shape index (κ1) is 15.6. The highest BCUT2D eigenvalue weighted by Gasteiger charge is 2.08. The van der Waals surface area contributed by atoms with Gasteiger partial charge in [-0.25, -0.2) is 9.78 Å². The summed E-state index contributed by atoms with van der Waals surface area (Å²) in [6.07, 6.45) is 1.55. The average molecular weight is 346 g/mol. The van der Waals surface area contributed by atoms with Gasteiger partial charge in [-0.3, -0.25) is 9.78 Å². The van der Waals surface area contributed by atoms with E-state index in [0.717, 1.165) is 0 Å². The van der Waals surface area contributed by atoms with E-state index < -0.39 is 0 Å². The van der Waals surface area contributed by atoms with Crippen LogP contribution in [0.4, 0.5) is 5.69 Å². The molecule has 0 atom stereocenters. The highest BCUT2D eigenvalue weighted by atomic mass is 16.5. The summed E-state index contributed by atoms with van der Waals surface area (Å²) in [7, 11) is 0. The normalized spacial score (nSPS) is 10.6. The second kappa shape index (κ2) is 6.56. The molecule has 7 heteroatoms. The minimum absolute atomic E-state index is 0.181. The topological polar surface area (TPSA) is 99.9 Å². The summed E-state index contributed by atoms with van der Waals surface area (Å²) < 4.78 is 5.81. The zero-order valence-corrected chi connectivity index (χ0v) is 13.5. The number of amides is 1. The van der Waals surface area contributed by atoms with E-state index in [4.69, 9.17) is 4.74 Å². The molecule has 0 fully saturated rings. The number of imidazole rings is 1. The molecule has 0 aliphatic rings. The fourth-order valence-corrected chi connectivity index (χ4v) is 2.52. The largest absolute Gasteiger partial charge is 0.455 e. The van der Waals surface area contributed by atoms with Gasteiger partial charge >= 0.3 is 5.69 Å². The molecule has 26 heavy (non-hydrogen) atoms. The summed E-state index contributed by atoms with van der Waals surface area (Å²) >= 11 is 0. The number of nitrogens with zero attached hydrogens (tertiary/aromatic N) is 1. The highest BCUT2D eigenvalue weighted by molar-refractivity contribution is 6.04. The van der Waals surface area contributed by atoms with Gasteiger partial charge in [0, 0.05) is 23.5 Å². The van der Waals surface area contributed by atoms with E-state index in [2.05, 4.69) is 20.3 Å². The van der Waals surface area contributed by atoms with Crippen molar-refractivity contribution in [3.05, 3.63) is 82.9 Å². The molecular weight excluding hydrogens is 332 g/mol. The Morgan fingerprint density at radius 2 is 1.73 bits per heavy atom. The molecule has 0 unspecified atom stereocenters. The van der Waals surface area contributed by atoms with Crippen molar-refractivity contribution in [2.45, 2.75) is 0 Å². The average Bonchev–Trinajstić information content (AvgIpc) is 3.05. The molecule has 2 heterocycles. The van der Waals surface area contributed by atoms with Crippen molar-refractivity contribution < 1.29 is 9.53 Å². The number of nitrogens with one attached hydrogen (secondary N) is 3. The molecule has 7 nitrogen and oxygen atoms in total. The Kier molecular flexibility index (Phi) is 3.95. The molecule has 0 saturated heterocycles. The number of H-pyrrole nitrogens is 2. The maximum atomic E-state index is 12.2. The number of pyridine rings is 1. The van der Waals surface area contributed by atoms with E-state index in [9.17, 15) is 9.59 Å². The van der Waals surface area contributed by atoms with Crippen LogP contribution >= 0.6 is 0 Å². The number of anilines is 1. The van der Waals surface area contributed by atoms with Crippen molar-refractivity contribution >= 4 is 22.8 Å². The summed E-state index contributed by atoms with van der Waals surface area (Å²) in [6, 6.07) is 17.6. The Hall–Kier alpha value is -3.87. The summed E-state index contributed by atoms with van der Waals surface area (Å²) in [5.41, 5.74) is 1.82. The van der Waals surface area contributed by atoms with Crippen LogP contribution in [0, 0.1) is 0 Å². The lowest BCUT2D eigenvalue weighted by atomic mass is 10.2. The molecule has 1 amide bonds. The molecule has 0 bridgehead atoms. The zero-order chi connectivity index (χ0) is 17.9. The molecule has 2 aromatic carbocycles. The van der Waals surface area contributed by atoms with E-state index in [0.29, 0.717) is 33.9 Å². The predicted molar refractivity (Wildman–Crippen MR) is 97.6 cm³/mol. The van der Waals surface area contributed by atoms with Crippen LogP contribution in [0.2, 0.25) is 0 Å². The van der Waals surface area contributed by atoms with E-state index in [1.54, 1.807) is 48.7 Å². The Morgan fingerprint density at radius 3 is 2.50 bits per heavy atom. The Labute approximate surface area is 147 Å². The summed E-state index contributed by atoms with van der Waals surface area (Å²) in [4.78, 5) is 32.9. The number of aromatic amines is 2. The molecule has 0 saturated carbocycles. The monoisotopic (exact) mass is 346 g/mol. The zero-order valence-electron chi connectivity index (χ0n) is 13.5. The fourth-order valence-electron chi connectivity index (χ4n) is 2.52. The number of aromatic nitrogens is 3. The van der Waals surface area contributed by atoms with Gasteiger partial charge in [0.05, 0.1) is 0 Å². The lowest BCUT2D eigenvalue weighted by Gasteiger charge is -2.08. The minimum atomic E-state index is -0.345. The third-order valence-corrected chi connectivity index (χ3v) is 3.76. The number of hydrogen-bond donors (Lipinski definition) is 3. The van der Waals surface area contributed by atoms with Crippen LogP contribution in [0.1, 0.15) is 10.4 Å². The first-order chi connectivity index (χ1) is 12.7. The van der Waals surface area contributed by atoms with Gasteiger partial charge in [0.15, 0.2) is 11.4 Å². The smallest absolute Gasteiger partial charge is 0.325 e. The van der Waals surface area contributed by atoms with E-state index in [1.807, 2.05) is 18.2 Å². The Balaban J connectivity index is 1.51. The van der Waals surface area contributed by atoms with Crippen molar-refractivity contribution in [1.29, 1.82) is 0 Å². The third-order valence-electron chi connectivity index (χ3n) is 3.76. The van der Waals surface area contributed by atoms with Crippen molar-refractivity contribution in [1.82, 2.24) is 15.0 Å². The van der Waals surface area contributed by atoms with E-state index >= 15 is 0 Å². The predicted octanol–water partition coefficient (Wildman–Crippen LogP) is 3.30. The minimum Gasteiger partial charge on any atom is -0.455 e. The van der Waals surface area contributed by atoms with Crippen LogP contribution in [0.5, 0.6) is 11.5 Å². The third kappa shape index (κ3) is 3.18. The molecule has 0 aliphatic carbocycles. The van der Waals surface area contributed by atoms with Crippen molar-refractivity contribution in [3.63, 3.8) is 0 Å². The molecule has 0 spiro atoms. The quantitative estimate of drug-likeness (QED) is 0.528. The van der Waals surface area contributed by atoms with Gasteiger partial charge in [-0.1, -0.05) is 18.2 Å². The van der Waals surface area contributed by atoms with Gasteiger partial charge in [-0.2, -0.15) is 0 Å². The molecule has 3 N–H and O–H groups in total. The number of carbonyl (C=O) groups excluding carboxylic acids is 1. The number of fused-ring (bicyclic) bond motifs is 1. The van der Waals surface area contributed by atoms with Crippen LogP contribution in [0.3, 0.4) is 0 Å².